The fourth-order valence-electron chi connectivity index (χ4n) is 4.69. The predicted octanol–water partition coefficient (Wildman–Crippen LogP) is 2.06. The normalized spacial score (nSPS) is 26.6. The largest absolute Gasteiger partial charge is 0.378 e. The molecule has 3 aliphatic rings. The molecule has 6 nitrogen and oxygen atoms in total. The SMILES string of the molecule is O=C1CCCCCN1CCC(=O)N1CCN2[C@@H](COC[C@@H]2c2ccccc2)C1. The molecule has 3 aliphatic heterocycles. The molecule has 2 atom stereocenters. The number of fused-ring (bicyclic) bond motifs is 1. The Balaban J connectivity index is 1.32. The molecule has 0 radical (unpaired) electrons. The van der Waals surface area contributed by atoms with Crippen molar-refractivity contribution in [1.29, 1.82) is 0 Å². The first kappa shape index (κ1) is 19.4. The first-order chi connectivity index (χ1) is 13.7. The van der Waals surface area contributed by atoms with Crippen LogP contribution in [0.15, 0.2) is 30.3 Å². The minimum Gasteiger partial charge on any atom is -0.378 e. The van der Waals surface area contributed by atoms with Crippen molar-refractivity contribution in [2.24, 2.45) is 0 Å². The molecule has 6 heteroatoms. The number of piperazine rings is 1. The van der Waals surface area contributed by atoms with Crippen LogP contribution in [-0.4, -0.2) is 78.5 Å². The van der Waals surface area contributed by atoms with E-state index >= 15 is 0 Å². The van der Waals surface area contributed by atoms with Gasteiger partial charge in [0.05, 0.1) is 25.3 Å². The van der Waals surface area contributed by atoms with Gasteiger partial charge < -0.3 is 14.5 Å². The lowest BCUT2D eigenvalue weighted by molar-refractivity contribution is -0.141. The third kappa shape index (κ3) is 4.39. The van der Waals surface area contributed by atoms with Crippen molar-refractivity contribution >= 4 is 11.8 Å². The number of morpholine rings is 1. The highest BCUT2D eigenvalue weighted by Gasteiger charge is 2.37. The number of ether oxygens (including phenoxy) is 1. The number of hydrogen-bond donors (Lipinski definition) is 0. The first-order valence-corrected chi connectivity index (χ1v) is 10.7. The zero-order valence-electron chi connectivity index (χ0n) is 16.6. The zero-order valence-corrected chi connectivity index (χ0v) is 16.6. The van der Waals surface area contributed by atoms with Crippen molar-refractivity contribution in [2.75, 3.05) is 45.9 Å². The highest BCUT2D eigenvalue weighted by atomic mass is 16.5. The third-order valence-electron chi connectivity index (χ3n) is 6.32. The minimum atomic E-state index is 0.165. The summed E-state index contributed by atoms with van der Waals surface area (Å²) in [5.74, 6) is 0.375. The van der Waals surface area contributed by atoms with Crippen molar-refractivity contribution in [3.8, 4) is 0 Å². The van der Waals surface area contributed by atoms with Crippen LogP contribution in [-0.2, 0) is 14.3 Å². The van der Waals surface area contributed by atoms with E-state index in [2.05, 4.69) is 29.2 Å². The number of carbonyl (C=O) groups is 2. The second-order valence-corrected chi connectivity index (χ2v) is 8.14. The number of likely N-dealkylation sites (tertiary alicyclic amines) is 1. The fourth-order valence-corrected chi connectivity index (χ4v) is 4.69. The number of nitrogens with zero attached hydrogens (tertiary/aromatic N) is 3. The van der Waals surface area contributed by atoms with E-state index in [9.17, 15) is 9.59 Å². The number of carbonyl (C=O) groups excluding carboxylic acids is 2. The Labute approximate surface area is 167 Å². The van der Waals surface area contributed by atoms with Crippen LogP contribution < -0.4 is 0 Å². The van der Waals surface area contributed by atoms with Crippen molar-refractivity contribution < 1.29 is 14.3 Å². The Morgan fingerprint density at radius 2 is 1.89 bits per heavy atom. The van der Waals surface area contributed by atoms with Gasteiger partial charge in [-0.05, 0) is 18.4 Å². The summed E-state index contributed by atoms with van der Waals surface area (Å²) in [7, 11) is 0. The first-order valence-electron chi connectivity index (χ1n) is 10.7. The van der Waals surface area contributed by atoms with E-state index < -0.39 is 0 Å². The topological polar surface area (TPSA) is 53.1 Å². The Hall–Kier alpha value is -1.92. The molecule has 28 heavy (non-hydrogen) atoms. The van der Waals surface area contributed by atoms with Crippen LogP contribution >= 0.6 is 0 Å². The van der Waals surface area contributed by atoms with E-state index in [0.29, 0.717) is 32.6 Å². The number of rotatable bonds is 4. The van der Waals surface area contributed by atoms with Crippen molar-refractivity contribution in [3.63, 3.8) is 0 Å². The second kappa shape index (κ2) is 9.05. The maximum absolute atomic E-state index is 12.8. The van der Waals surface area contributed by atoms with E-state index in [4.69, 9.17) is 4.74 Å². The number of amides is 2. The summed E-state index contributed by atoms with van der Waals surface area (Å²) >= 11 is 0. The lowest BCUT2D eigenvalue weighted by Gasteiger charge is -2.48. The molecule has 0 bridgehead atoms. The third-order valence-corrected chi connectivity index (χ3v) is 6.32. The number of hydrogen-bond acceptors (Lipinski definition) is 4. The van der Waals surface area contributed by atoms with Gasteiger partial charge >= 0.3 is 0 Å². The standard InChI is InChI=1S/C22H31N3O3/c26-21-9-5-2-6-11-23(21)12-10-22(27)24-13-14-25-19(15-24)16-28-17-20(25)18-7-3-1-4-8-18/h1,3-4,7-8,19-20H,2,5-6,9-17H2/t19-,20-/m1/s1. The highest BCUT2D eigenvalue weighted by molar-refractivity contribution is 5.79. The summed E-state index contributed by atoms with van der Waals surface area (Å²) in [6, 6.07) is 11.0. The van der Waals surface area contributed by atoms with Crippen molar-refractivity contribution in [1.82, 2.24) is 14.7 Å². The minimum absolute atomic E-state index is 0.165. The van der Waals surface area contributed by atoms with Gasteiger partial charge in [-0.2, -0.15) is 0 Å². The molecule has 0 aliphatic carbocycles. The Morgan fingerprint density at radius 3 is 2.75 bits per heavy atom. The van der Waals surface area contributed by atoms with E-state index in [-0.39, 0.29) is 23.9 Å². The highest BCUT2D eigenvalue weighted by Crippen LogP contribution is 2.29. The smallest absolute Gasteiger partial charge is 0.224 e. The summed E-state index contributed by atoms with van der Waals surface area (Å²) in [5.41, 5.74) is 1.28. The molecule has 1 aromatic rings. The van der Waals surface area contributed by atoms with Gasteiger partial charge in [-0.3, -0.25) is 14.5 Å². The molecule has 0 aromatic heterocycles. The van der Waals surface area contributed by atoms with Gasteiger partial charge in [0, 0.05) is 45.6 Å². The molecule has 0 N–H and O–H groups in total. The summed E-state index contributed by atoms with van der Waals surface area (Å²) in [4.78, 5) is 31.3. The van der Waals surface area contributed by atoms with Gasteiger partial charge in [0.15, 0.2) is 0 Å². The lowest BCUT2D eigenvalue weighted by atomic mass is 10.00. The molecule has 1 aromatic carbocycles. The van der Waals surface area contributed by atoms with E-state index in [1.165, 1.54) is 5.56 Å². The van der Waals surface area contributed by atoms with Crippen molar-refractivity contribution in [2.45, 2.75) is 44.2 Å². The van der Waals surface area contributed by atoms with Crippen LogP contribution in [0.3, 0.4) is 0 Å². The van der Waals surface area contributed by atoms with Crippen molar-refractivity contribution in [3.05, 3.63) is 35.9 Å². The molecule has 0 unspecified atom stereocenters. The van der Waals surface area contributed by atoms with Crippen LogP contribution in [0.5, 0.6) is 0 Å². The molecule has 4 rings (SSSR count). The van der Waals surface area contributed by atoms with E-state index in [0.717, 1.165) is 45.4 Å². The molecule has 3 saturated heterocycles. The summed E-state index contributed by atoms with van der Waals surface area (Å²) in [6.07, 6.45) is 4.21. The maximum Gasteiger partial charge on any atom is 0.224 e. The summed E-state index contributed by atoms with van der Waals surface area (Å²) in [6.45, 7) is 5.11. The fraction of sp³-hybridized carbons (Fsp3) is 0.636. The van der Waals surface area contributed by atoms with E-state index in [1.807, 2.05) is 15.9 Å². The van der Waals surface area contributed by atoms with Gasteiger partial charge in [0.25, 0.3) is 0 Å². The van der Waals surface area contributed by atoms with Gasteiger partial charge in [-0.25, -0.2) is 0 Å². The van der Waals surface area contributed by atoms with Crippen LogP contribution in [0.25, 0.3) is 0 Å². The monoisotopic (exact) mass is 385 g/mol. The van der Waals surface area contributed by atoms with Crippen LogP contribution in [0.4, 0.5) is 0 Å². The molecular formula is C22H31N3O3. The van der Waals surface area contributed by atoms with Crippen LogP contribution in [0, 0.1) is 0 Å². The maximum atomic E-state index is 12.8. The molecule has 152 valence electrons. The molecule has 2 amide bonds. The van der Waals surface area contributed by atoms with Gasteiger partial charge in [-0.15, -0.1) is 0 Å². The number of benzene rings is 1. The molecule has 0 saturated carbocycles. The van der Waals surface area contributed by atoms with Gasteiger partial charge in [0.1, 0.15) is 0 Å². The predicted molar refractivity (Wildman–Crippen MR) is 107 cm³/mol. The summed E-state index contributed by atoms with van der Waals surface area (Å²) in [5, 5.41) is 0. The molecule has 0 spiro atoms. The van der Waals surface area contributed by atoms with E-state index in [1.54, 1.807) is 0 Å². The Kier molecular flexibility index (Phi) is 6.27. The lowest BCUT2D eigenvalue weighted by Crippen LogP contribution is -2.60. The average Bonchev–Trinajstić information content (AvgIpc) is 2.95. The Bertz CT molecular complexity index is 681. The zero-order chi connectivity index (χ0) is 19.3. The summed E-state index contributed by atoms with van der Waals surface area (Å²) < 4.78 is 5.88. The van der Waals surface area contributed by atoms with Gasteiger partial charge in [-0.1, -0.05) is 36.8 Å². The van der Waals surface area contributed by atoms with Crippen LogP contribution in [0.1, 0.15) is 43.7 Å². The molecule has 3 heterocycles. The quantitative estimate of drug-likeness (QED) is 0.796. The van der Waals surface area contributed by atoms with Crippen LogP contribution in [0.2, 0.25) is 0 Å². The Morgan fingerprint density at radius 1 is 1.04 bits per heavy atom. The molecular weight excluding hydrogens is 354 g/mol. The molecule has 3 fully saturated rings. The second-order valence-electron chi connectivity index (χ2n) is 8.14. The van der Waals surface area contributed by atoms with Gasteiger partial charge in [0.2, 0.25) is 11.8 Å². The average molecular weight is 386 g/mol.